The van der Waals surface area contributed by atoms with Crippen LogP contribution in [0.4, 0.5) is 0 Å². The number of carbonyl (C=O) groups excluding carboxylic acids is 2. The number of carbonyl (C=O) groups is 2. The molecule has 1 saturated heterocycles. The Morgan fingerprint density at radius 2 is 2.07 bits per heavy atom. The van der Waals surface area contributed by atoms with Crippen LogP contribution in [0.25, 0.3) is 10.9 Å². The van der Waals surface area contributed by atoms with Crippen molar-refractivity contribution in [3.8, 4) is 0 Å². The smallest absolute Gasteiger partial charge is 0.272 e. The van der Waals surface area contributed by atoms with Gasteiger partial charge in [-0.3, -0.25) is 14.7 Å². The number of nitrogens with one attached hydrogen (secondary N) is 3. The molecule has 3 N–H and O–H groups in total. The molecule has 2 aromatic heterocycles. The van der Waals surface area contributed by atoms with E-state index in [9.17, 15) is 9.59 Å². The summed E-state index contributed by atoms with van der Waals surface area (Å²) in [7, 11) is 1.99. The SMILES string of the molecule is CN1C[C@@H](NC(=O)c2n[nH]c3ccccc23)CC[C@@H](C(=O)NCc2cccs2)C1. The van der Waals surface area contributed by atoms with Gasteiger partial charge in [0.05, 0.1) is 18.0 Å². The summed E-state index contributed by atoms with van der Waals surface area (Å²) in [5, 5.41) is 16.1. The number of likely N-dealkylation sites (tertiary alicyclic amines) is 1. The number of aromatic nitrogens is 2. The van der Waals surface area contributed by atoms with E-state index in [2.05, 4.69) is 25.7 Å². The quantitative estimate of drug-likeness (QED) is 0.601. The monoisotopic (exact) mass is 411 g/mol. The minimum atomic E-state index is -0.179. The highest BCUT2D eigenvalue weighted by atomic mass is 32.1. The molecule has 1 aliphatic heterocycles. The van der Waals surface area contributed by atoms with Crippen molar-refractivity contribution in [3.63, 3.8) is 0 Å². The number of hydrogen-bond acceptors (Lipinski definition) is 5. The zero-order valence-corrected chi connectivity index (χ0v) is 17.2. The predicted molar refractivity (Wildman–Crippen MR) is 114 cm³/mol. The van der Waals surface area contributed by atoms with E-state index >= 15 is 0 Å². The van der Waals surface area contributed by atoms with Gasteiger partial charge < -0.3 is 15.5 Å². The lowest BCUT2D eigenvalue weighted by Gasteiger charge is -2.21. The molecule has 4 rings (SSSR count). The topological polar surface area (TPSA) is 90.1 Å². The number of rotatable bonds is 5. The van der Waals surface area contributed by atoms with Gasteiger partial charge in [-0.05, 0) is 37.4 Å². The lowest BCUT2D eigenvalue weighted by atomic mass is 10.0. The number of benzene rings is 1. The van der Waals surface area contributed by atoms with E-state index in [-0.39, 0.29) is 23.8 Å². The molecule has 1 aliphatic rings. The van der Waals surface area contributed by atoms with Crippen molar-refractivity contribution in [3.05, 3.63) is 52.3 Å². The number of aromatic amines is 1. The molecule has 152 valence electrons. The maximum Gasteiger partial charge on any atom is 0.272 e. The molecule has 0 bridgehead atoms. The molecular formula is C21H25N5O2S. The standard InChI is InChI=1S/C21H25N5O2S/c1-26-12-14(20(27)22-11-16-5-4-10-29-16)8-9-15(13-26)23-21(28)19-17-6-2-3-7-18(17)24-25-19/h2-7,10,14-15H,8-9,11-13H2,1H3,(H,22,27)(H,23,28)(H,24,25)/t14-,15+/m1/s1. The van der Waals surface area contributed by atoms with Crippen LogP contribution in [0.1, 0.15) is 28.2 Å². The van der Waals surface area contributed by atoms with Gasteiger partial charge in [-0.15, -0.1) is 11.3 Å². The van der Waals surface area contributed by atoms with Crippen LogP contribution in [-0.4, -0.2) is 53.1 Å². The molecule has 1 aromatic carbocycles. The first-order valence-electron chi connectivity index (χ1n) is 9.83. The van der Waals surface area contributed by atoms with E-state index in [0.717, 1.165) is 28.6 Å². The maximum absolute atomic E-state index is 12.8. The Hall–Kier alpha value is -2.71. The molecule has 3 heterocycles. The lowest BCUT2D eigenvalue weighted by Crippen LogP contribution is -2.42. The van der Waals surface area contributed by atoms with E-state index in [1.54, 1.807) is 11.3 Å². The van der Waals surface area contributed by atoms with Gasteiger partial charge in [-0.25, -0.2) is 0 Å². The number of fused-ring (bicyclic) bond motifs is 1. The van der Waals surface area contributed by atoms with Gasteiger partial charge in [0, 0.05) is 29.4 Å². The number of hydrogen-bond donors (Lipinski definition) is 3. The van der Waals surface area contributed by atoms with Crippen LogP contribution in [0.15, 0.2) is 41.8 Å². The minimum Gasteiger partial charge on any atom is -0.351 e. The number of nitrogens with zero attached hydrogens (tertiary/aromatic N) is 2. The third kappa shape index (κ3) is 4.65. The Bertz CT molecular complexity index is 984. The van der Waals surface area contributed by atoms with Crippen molar-refractivity contribution in [1.82, 2.24) is 25.7 Å². The largest absolute Gasteiger partial charge is 0.351 e. The third-order valence-electron chi connectivity index (χ3n) is 5.34. The van der Waals surface area contributed by atoms with E-state index in [4.69, 9.17) is 0 Å². The summed E-state index contributed by atoms with van der Waals surface area (Å²) >= 11 is 1.64. The summed E-state index contributed by atoms with van der Waals surface area (Å²) in [5.74, 6) is -0.176. The number of likely N-dealkylation sites (N-methyl/N-ethyl adjacent to an activating group) is 1. The summed E-state index contributed by atoms with van der Waals surface area (Å²) < 4.78 is 0. The molecule has 8 heteroatoms. The van der Waals surface area contributed by atoms with Gasteiger partial charge in [-0.1, -0.05) is 24.3 Å². The Balaban J connectivity index is 1.35. The fourth-order valence-corrected chi connectivity index (χ4v) is 4.51. The maximum atomic E-state index is 12.8. The molecule has 2 atom stereocenters. The minimum absolute atomic E-state index is 0.0157. The number of para-hydroxylation sites is 1. The van der Waals surface area contributed by atoms with Crippen molar-refractivity contribution in [2.45, 2.75) is 25.4 Å². The zero-order chi connectivity index (χ0) is 20.2. The van der Waals surface area contributed by atoms with E-state index < -0.39 is 0 Å². The first kappa shape index (κ1) is 19.6. The summed E-state index contributed by atoms with van der Waals surface area (Å²) in [6.07, 6.45) is 1.50. The summed E-state index contributed by atoms with van der Waals surface area (Å²) in [5.41, 5.74) is 1.26. The van der Waals surface area contributed by atoms with Crippen molar-refractivity contribution in [2.75, 3.05) is 20.1 Å². The van der Waals surface area contributed by atoms with Gasteiger partial charge >= 0.3 is 0 Å². The second-order valence-corrected chi connectivity index (χ2v) is 8.61. The summed E-state index contributed by atoms with van der Waals surface area (Å²) in [6.45, 7) is 1.97. The first-order valence-corrected chi connectivity index (χ1v) is 10.7. The number of H-pyrrole nitrogens is 1. The van der Waals surface area contributed by atoms with E-state index in [0.29, 0.717) is 25.3 Å². The molecular weight excluding hydrogens is 386 g/mol. The fraction of sp³-hybridized carbons (Fsp3) is 0.381. The van der Waals surface area contributed by atoms with Crippen LogP contribution in [0.3, 0.4) is 0 Å². The fourth-order valence-electron chi connectivity index (χ4n) is 3.87. The van der Waals surface area contributed by atoms with Crippen molar-refractivity contribution >= 4 is 34.1 Å². The molecule has 2 amide bonds. The Kier molecular flexibility index (Phi) is 5.92. The van der Waals surface area contributed by atoms with Crippen LogP contribution in [0.5, 0.6) is 0 Å². The van der Waals surface area contributed by atoms with Gasteiger partial charge in [0.1, 0.15) is 0 Å². The Morgan fingerprint density at radius 3 is 2.90 bits per heavy atom. The van der Waals surface area contributed by atoms with Crippen LogP contribution in [0, 0.1) is 5.92 Å². The molecule has 29 heavy (non-hydrogen) atoms. The van der Waals surface area contributed by atoms with Gasteiger partial charge in [0.25, 0.3) is 5.91 Å². The van der Waals surface area contributed by atoms with Crippen LogP contribution < -0.4 is 10.6 Å². The molecule has 0 saturated carbocycles. The average molecular weight is 412 g/mol. The molecule has 1 fully saturated rings. The molecule has 0 radical (unpaired) electrons. The Morgan fingerprint density at radius 1 is 1.21 bits per heavy atom. The number of thiophene rings is 1. The van der Waals surface area contributed by atoms with Gasteiger partial charge in [0.15, 0.2) is 5.69 Å². The molecule has 0 unspecified atom stereocenters. The van der Waals surface area contributed by atoms with Crippen molar-refractivity contribution in [2.24, 2.45) is 5.92 Å². The van der Waals surface area contributed by atoms with E-state index in [1.165, 1.54) is 0 Å². The van der Waals surface area contributed by atoms with Gasteiger partial charge in [0.2, 0.25) is 5.91 Å². The van der Waals surface area contributed by atoms with Crippen molar-refractivity contribution in [1.29, 1.82) is 0 Å². The van der Waals surface area contributed by atoms with Gasteiger partial charge in [-0.2, -0.15) is 5.10 Å². The van der Waals surface area contributed by atoms with Crippen LogP contribution >= 0.6 is 11.3 Å². The van der Waals surface area contributed by atoms with Crippen LogP contribution in [-0.2, 0) is 11.3 Å². The number of amides is 2. The second kappa shape index (κ2) is 8.75. The van der Waals surface area contributed by atoms with Crippen molar-refractivity contribution < 1.29 is 9.59 Å². The average Bonchev–Trinajstić information content (AvgIpc) is 3.34. The second-order valence-electron chi connectivity index (χ2n) is 7.58. The Labute approximate surface area is 173 Å². The lowest BCUT2D eigenvalue weighted by molar-refractivity contribution is -0.125. The molecule has 0 aliphatic carbocycles. The van der Waals surface area contributed by atoms with E-state index in [1.807, 2.05) is 48.8 Å². The first-order chi connectivity index (χ1) is 14.1. The predicted octanol–water partition coefficient (Wildman–Crippen LogP) is 2.38. The highest BCUT2D eigenvalue weighted by Gasteiger charge is 2.28. The molecule has 3 aromatic rings. The normalized spacial score (nSPS) is 20.3. The zero-order valence-electron chi connectivity index (χ0n) is 16.4. The highest BCUT2D eigenvalue weighted by Crippen LogP contribution is 2.19. The van der Waals surface area contributed by atoms with Crippen LogP contribution in [0.2, 0.25) is 0 Å². The highest BCUT2D eigenvalue weighted by molar-refractivity contribution is 7.09. The summed E-state index contributed by atoms with van der Waals surface area (Å²) in [4.78, 5) is 28.7. The summed E-state index contributed by atoms with van der Waals surface area (Å²) in [6, 6.07) is 11.6. The molecule has 7 nitrogen and oxygen atoms in total. The molecule has 0 spiro atoms. The third-order valence-corrected chi connectivity index (χ3v) is 6.21.